The lowest BCUT2D eigenvalue weighted by Gasteiger charge is -2.41. The van der Waals surface area contributed by atoms with E-state index in [-0.39, 0.29) is 60.5 Å². The van der Waals surface area contributed by atoms with Crippen LogP contribution in [-0.2, 0) is 39.8 Å². The largest absolute Gasteiger partial charge is 0.444 e. The minimum absolute atomic E-state index is 0.0150. The number of ether oxygens (including phenoxy) is 3. The molecule has 2 unspecified atom stereocenters. The van der Waals surface area contributed by atoms with Crippen LogP contribution >= 0.6 is 11.3 Å². The Morgan fingerprint density at radius 3 is 2.27 bits per heavy atom. The number of hydrogen-bond donors (Lipinski definition) is 2. The third-order valence-electron chi connectivity index (χ3n) is 12.0. The van der Waals surface area contributed by atoms with Gasteiger partial charge in [0.05, 0.1) is 48.6 Å². The molecule has 0 aliphatic carbocycles. The molecule has 1 aromatic carbocycles. The summed E-state index contributed by atoms with van der Waals surface area (Å²) in [6, 6.07) is 8.00. The van der Waals surface area contributed by atoms with Crippen LogP contribution in [0.2, 0.25) is 0 Å². The molecular weight excluding hydrogens is 785 g/mol. The van der Waals surface area contributed by atoms with Crippen LogP contribution in [0, 0.1) is 23.7 Å². The summed E-state index contributed by atoms with van der Waals surface area (Å²) in [6.45, 7) is 16.2. The van der Waals surface area contributed by atoms with Gasteiger partial charge in [-0.1, -0.05) is 71.4 Å². The first-order valence-corrected chi connectivity index (χ1v) is 22.4. The van der Waals surface area contributed by atoms with Crippen molar-refractivity contribution in [3.05, 3.63) is 52.5 Å². The summed E-state index contributed by atoms with van der Waals surface area (Å²) < 4.78 is 17.6. The fourth-order valence-corrected chi connectivity index (χ4v) is 9.23. The van der Waals surface area contributed by atoms with Gasteiger partial charge in [-0.05, 0) is 63.9 Å². The number of methoxy groups -OCH3 is 2. The normalized spacial score (nSPS) is 20.5. The summed E-state index contributed by atoms with van der Waals surface area (Å²) in [7, 11) is 4.86. The van der Waals surface area contributed by atoms with Gasteiger partial charge in [-0.2, -0.15) is 0 Å². The smallest absolute Gasteiger partial charge is 0.410 e. The average molecular weight is 855 g/mol. The van der Waals surface area contributed by atoms with E-state index in [1.807, 2.05) is 75.2 Å². The van der Waals surface area contributed by atoms with Gasteiger partial charge in [-0.15, -0.1) is 11.3 Å². The number of likely N-dealkylation sites (tertiary alicyclic amines) is 2. The first-order valence-electron chi connectivity index (χ1n) is 21.5. The van der Waals surface area contributed by atoms with Gasteiger partial charge < -0.3 is 39.5 Å². The van der Waals surface area contributed by atoms with Gasteiger partial charge in [-0.25, -0.2) is 9.78 Å². The summed E-state index contributed by atoms with van der Waals surface area (Å²) in [4.78, 5) is 78.4. The zero-order valence-corrected chi connectivity index (χ0v) is 38.5. The molecule has 2 N–H and O–H groups in total. The Morgan fingerprint density at radius 2 is 1.68 bits per heavy atom. The van der Waals surface area contributed by atoms with E-state index in [0.29, 0.717) is 38.8 Å². The molecular formula is C45H70N6O8S. The van der Waals surface area contributed by atoms with Crippen molar-refractivity contribution in [3.8, 4) is 0 Å². The average Bonchev–Trinajstić information content (AvgIpc) is 4.02. The van der Waals surface area contributed by atoms with Crippen LogP contribution in [0.5, 0.6) is 0 Å². The zero-order valence-electron chi connectivity index (χ0n) is 37.6. The minimum Gasteiger partial charge on any atom is -0.444 e. The van der Waals surface area contributed by atoms with Crippen LogP contribution in [0.3, 0.4) is 0 Å². The maximum absolute atomic E-state index is 14.4. The number of rotatable bonds is 19. The quantitative estimate of drug-likeness (QED) is 0.177. The molecule has 4 rings (SSSR count). The van der Waals surface area contributed by atoms with Crippen LogP contribution in [0.15, 0.2) is 41.9 Å². The first kappa shape index (κ1) is 48.6. The second-order valence-electron chi connectivity index (χ2n) is 17.9. The third-order valence-corrected chi connectivity index (χ3v) is 12.9. The highest BCUT2D eigenvalue weighted by molar-refractivity contribution is 7.09. The van der Waals surface area contributed by atoms with E-state index < -0.39 is 47.8 Å². The zero-order chi connectivity index (χ0) is 44.3. The summed E-state index contributed by atoms with van der Waals surface area (Å²) >= 11 is 1.50. The molecule has 2 aliphatic heterocycles. The van der Waals surface area contributed by atoms with Crippen LogP contribution in [0.1, 0.15) is 104 Å². The van der Waals surface area contributed by atoms with E-state index in [1.54, 1.807) is 53.1 Å². The third kappa shape index (κ3) is 12.7. The lowest BCUT2D eigenvalue weighted by Crippen LogP contribution is -2.58. The van der Waals surface area contributed by atoms with E-state index in [2.05, 4.69) is 15.6 Å². The summed E-state index contributed by atoms with van der Waals surface area (Å²) in [5, 5.41) is 8.95. The van der Waals surface area contributed by atoms with Crippen molar-refractivity contribution in [1.82, 2.24) is 30.3 Å². The Balaban J connectivity index is 1.45. The number of nitrogens with one attached hydrogen (secondary N) is 2. The molecule has 334 valence electrons. The van der Waals surface area contributed by atoms with Crippen molar-refractivity contribution >= 4 is 41.1 Å². The Bertz CT molecular complexity index is 1700. The van der Waals surface area contributed by atoms with Crippen LogP contribution < -0.4 is 10.6 Å². The van der Waals surface area contributed by atoms with Crippen molar-refractivity contribution in [3.63, 3.8) is 0 Å². The van der Waals surface area contributed by atoms with Crippen molar-refractivity contribution in [2.45, 2.75) is 136 Å². The number of amides is 5. The number of nitrogens with zero attached hydrogens (tertiary/aromatic N) is 4. The number of carbonyl (C=O) groups excluding carboxylic acids is 5. The van der Waals surface area contributed by atoms with Gasteiger partial charge in [0.25, 0.3) is 0 Å². The number of carbonyl (C=O) groups is 5. The highest BCUT2D eigenvalue weighted by Crippen LogP contribution is 2.31. The number of benzene rings is 1. The maximum Gasteiger partial charge on any atom is 0.410 e. The number of aromatic nitrogens is 1. The molecule has 0 saturated carbocycles. The Labute approximate surface area is 361 Å². The second kappa shape index (κ2) is 22.1. The van der Waals surface area contributed by atoms with E-state index in [4.69, 9.17) is 14.2 Å². The predicted molar refractivity (Wildman–Crippen MR) is 232 cm³/mol. The van der Waals surface area contributed by atoms with Gasteiger partial charge >= 0.3 is 6.09 Å². The molecule has 3 heterocycles. The lowest BCUT2D eigenvalue weighted by atomic mass is 9.89. The maximum atomic E-state index is 14.4. The summed E-state index contributed by atoms with van der Waals surface area (Å²) in [6.07, 6.45) is 3.29. The first-order chi connectivity index (χ1) is 28.4. The van der Waals surface area contributed by atoms with E-state index >= 15 is 0 Å². The summed E-state index contributed by atoms with van der Waals surface area (Å²) in [5.74, 6) is -2.21. The topological polar surface area (TPSA) is 160 Å². The lowest BCUT2D eigenvalue weighted by molar-refractivity contribution is -0.148. The predicted octanol–water partition coefficient (Wildman–Crippen LogP) is 5.86. The number of hydrogen-bond acceptors (Lipinski definition) is 10. The Hall–Kier alpha value is -4.08. The molecule has 0 spiro atoms. The standard InChI is InChI=1S/C45H70N6O8S/c1-12-29(4)38(49(9)43(55)37(28(2)3)48-41(54)32-20-23-50(27-32)44(56)59-45(6,7)8)35(57-10)26-36(52)51-22-16-19-34(51)39(58-11)30(5)40(53)47-33(42-46-21-24-60-42)25-31-17-14-13-15-18-31/h13-15,17-18,21,24,28-30,32-35,37-39H,12,16,19-20,22-23,25-27H2,1-11H3,(H,47,53)(H,48,54)/t29-,30+,32?,33-,34-,35+,37-,38?,39+/m0/s1. The molecule has 0 bridgehead atoms. The van der Waals surface area contributed by atoms with Crippen molar-refractivity contribution in [2.24, 2.45) is 23.7 Å². The van der Waals surface area contributed by atoms with Gasteiger partial charge in [0, 0.05) is 52.5 Å². The molecule has 60 heavy (non-hydrogen) atoms. The van der Waals surface area contributed by atoms with Gasteiger partial charge in [-0.3, -0.25) is 19.2 Å². The van der Waals surface area contributed by atoms with Gasteiger partial charge in [0.1, 0.15) is 16.7 Å². The van der Waals surface area contributed by atoms with Crippen LogP contribution in [-0.4, -0.2) is 126 Å². The number of thiazole rings is 1. The molecule has 2 aromatic rings. The molecule has 1 aromatic heterocycles. The fraction of sp³-hybridized carbons (Fsp3) is 0.689. The molecule has 2 saturated heterocycles. The van der Waals surface area contributed by atoms with E-state index in [9.17, 15) is 24.0 Å². The molecule has 5 amide bonds. The van der Waals surface area contributed by atoms with Crippen LogP contribution in [0.4, 0.5) is 4.79 Å². The molecule has 2 fully saturated rings. The summed E-state index contributed by atoms with van der Waals surface area (Å²) in [5.41, 5.74) is 0.433. The van der Waals surface area contributed by atoms with Crippen molar-refractivity contribution < 1.29 is 38.2 Å². The molecule has 15 heteroatoms. The SMILES string of the molecule is CC[C@H](C)C([C@@H](CC(=O)N1CCC[C@H]1[C@H](OC)[C@@H](C)C(=O)N[C@@H](Cc1ccccc1)c1nccs1)OC)N(C)C(=O)[C@@H](NC(=O)C1CCN(C(=O)OC(C)(C)C)C1)C(C)C. The van der Waals surface area contributed by atoms with Gasteiger partial charge in [0.2, 0.25) is 23.6 Å². The van der Waals surface area contributed by atoms with E-state index in [0.717, 1.165) is 17.0 Å². The molecule has 9 atom stereocenters. The number of likely N-dealkylation sites (N-methyl/N-ethyl adjacent to an activating group) is 1. The highest BCUT2D eigenvalue weighted by atomic mass is 32.1. The fourth-order valence-electron chi connectivity index (χ4n) is 8.54. The molecule has 2 aliphatic rings. The minimum atomic E-state index is -0.834. The van der Waals surface area contributed by atoms with Crippen molar-refractivity contribution in [1.29, 1.82) is 0 Å². The van der Waals surface area contributed by atoms with Crippen molar-refractivity contribution in [2.75, 3.05) is 40.9 Å². The second-order valence-corrected chi connectivity index (χ2v) is 18.8. The van der Waals surface area contributed by atoms with Crippen LogP contribution in [0.25, 0.3) is 0 Å². The highest BCUT2D eigenvalue weighted by Gasteiger charge is 2.44. The molecule has 14 nitrogen and oxygen atoms in total. The Kier molecular flexibility index (Phi) is 17.9. The Morgan fingerprint density at radius 1 is 0.983 bits per heavy atom. The molecule has 0 radical (unpaired) electrons. The van der Waals surface area contributed by atoms with E-state index in [1.165, 1.54) is 16.2 Å². The van der Waals surface area contributed by atoms with Gasteiger partial charge in [0.15, 0.2) is 0 Å². The monoisotopic (exact) mass is 854 g/mol.